The zero-order valence-corrected chi connectivity index (χ0v) is 18.9. The normalized spacial score (nSPS) is 12.3. The van der Waals surface area contributed by atoms with E-state index in [0.717, 1.165) is 29.8 Å². The molecule has 32 heavy (non-hydrogen) atoms. The minimum atomic E-state index is -0.0492. The average Bonchev–Trinajstić information content (AvgIpc) is 3.31. The number of amides is 1. The maximum Gasteiger partial charge on any atom is 0.251 e. The predicted octanol–water partition coefficient (Wildman–Crippen LogP) is 4.13. The third kappa shape index (κ3) is 6.70. The Morgan fingerprint density at radius 3 is 2.50 bits per heavy atom. The van der Waals surface area contributed by atoms with E-state index in [1.165, 1.54) is 0 Å². The molecule has 0 spiro atoms. The molecule has 0 saturated carbocycles. The quantitative estimate of drug-likeness (QED) is 0.349. The molecule has 3 rings (SSSR count). The van der Waals surface area contributed by atoms with Gasteiger partial charge >= 0.3 is 0 Å². The molecule has 0 radical (unpaired) electrons. The Kier molecular flexibility index (Phi) is 8.43. The van der Waals surface area contributed by atoms with E-state index in [0.29, 0.717) is 30.5 Å². The molecule has 7 heteroatoms. The monoisotopic (exact) mass is 433 g/mol. The third-order valence-electron chi connectivity index (χ3n) is 4.98. The summed E-state index contributed by atoms with van der Waals surface area (Å²) in [5.74, 6) is 1.24. The van der Waals surface area contributed by atoms with Gasteiger partial charge in [-0.2, -0.15) is 0 Å². The molecule has 0 aliphatic carbocycles. The highest BCUT2D eigenvalue weighted by Crippen LogP contribution is 2.17. The Morgan fingerprint density at radius 2 is 1.81 bits per heavy atom. The SMILES string of the molecule is CCNC(=NCc1ccc(C(=O)NC(C)CC)cc1)NCc1coc(-c2ccccc2)n1. The Balaban J connectivity index is 1.57. The first kappa shape index (κ1) is 23.1. The van der Waals surface area contributed by atoms with E-state index < -0.39 is 0 Å². The van der Waals surface area contributed by atoms with Crippen LogP contribution in [-0.4, -0.2) is 29.4 Å². The number of aliphatic imine (C=N–C) groups is 1. The second-order valence-electron chi connectivity index (χ2n) is 7.54. The molecule has 0 bridgehead atoms. The zero-order valence-electron chi connectivity index (χ0n) is 18.9. The number of carbonyl (C=O) groups is 1. The molecule has 1 unspecified atom stereocenters. The Hall–Kier alpha value is -3.61. The van der Waals surface area contributed by atoms with Crippen LogP contribution < -0.4 is 16.0 Å². The first-order valence-electron chi connectivity index (χ1n) is 11.0. The topological polar surface area (TPSA) is 91.5 Å². The van der Waals surface area contributed by atoms with Crippen LogP contribution in [-0.2, 0) is 13.1 Å². The van der Waals surface area contributed by atoms with Gasteiger partial charge in [-0.25, -0.2) is 9.98 Å². The molecular weight excluding hydrogens is 402 g/mol. The van der Waals surface area contributed by atoms with Crippen LogP contribution >= 0.6 is 0 Å². The standard InChI is InChI=1S/C25H31N5O2/c1-4-18(3)29-23(31)20-13-11-19(12-14-20)15-27-25(26-5-2)28-16-22-17-32-24(30-22)21-9-7-6-8-10-21/h6-14,17-18H,4-5,15-16H2,1-3H3,(H,29,31)(H2,26,27,28). The Labute approximate surface area is 189 Å². The number of oxazole rings is 1. The number of carbonyl (C=O) groups excluding carboxylic acids is 1. The van der Waals surface area contributed by atoms with Gasteiger partial charge in [0.25, 0.3) is 5.91 Å². The lowest BCUT2D eigenvalue weighted by Gasteiger charge is -2.12. The van der Waals surface area contributed by atoms with Gasteiger partial charge in [0.1, 0.15) is 6.26 Å². The number of nitrogens with zero attached hydrogens (tertiary/aromatic N) is 2. The van der Waals surface area contributed by atoms with Crippen LogP contribution in [0.3, 0.4) is 0 Å². The van der Waals surface area contributed by atoms with Crippen molar-refractivity contribution in [2.75, 3.05) is 6.54 Å². The van der Waals surface area contributed by atoms with Crippen LogP contribution in [0.4, 0.5) is 0 Å². The van der Waals surface area contributed by atoms with E-state index >= 15 is 0 Å². The van der Waals surface area contributed by atoms with Crippen LogP contribution in [0.1, 0.15) is 48.8 Å². The summed E-state index contributed by atoms with van der Waals surface area (Å²) < 4.78 is 5.59. The van der Waals surface area contributed by atoms with Gasteiger partial charge in [0, 0.05) is 23.7 Å². The van der Waals surface area contributed by atoms with Crippen LogP contribution in [0.15, 0.2) is 70.3 Å². The second kappa shape index (κ2) is 11.7. The summed E-state index contributed by atoms with van der Waals surface area (Å²) in [5, 5.41) is 9.49. The van der Waals surface area contributed by atoms with Crippen LogP contribution in [0.2, 0.25) is 0 Å². The summed E-state index contributed by atoms with van der Waals surface area (Å²) in [6.07, 6.45) is 2.56. The fourth-order valence-corrected chi connectivity index (χ4v) is 2.96. The summed E-state index contributed by atoms with van der Waals surface area (Å²) >= 11 is 0. The molecule has 1 aromatic heterocycles. The molecule has 0 saturated heterocycles. The summed E-state index contributed by atoms with van der Waals surface area (Å²) in [5.41, 5.74) is 3.42. The van der Waals surface area contributed by atoms with Crippen molar-refractivity contribution < 1.29 is 9.21 Å². The smallest absolute Gasteiger partial charge is 0.251 e. The van der Waals surface area contributed by atoms with Crippen LogP contribution in [0.5, 0.6) is 0 Å². The van der Waals surface area contributed by atoms with Crippen molar-refractivity contribution in [3.05, 3.63) is 77.7 Å². The molecule has 3 aromatic rings. The summed E-state index contributed by atoms with van der Waals surface area (Å²) in [4.78, 5) is 21.4. The van der Waals surface area contributed by atoms with Gasteiger partial charge in [0.15, 0.2) is 5.96 Å². The Bertz CT molecular complexity index is 1010. The largest absolute Gasteiger partial charge is 0.444 e. The maximum absolute atomic E-state index is 12.2. The van der Waals surface area contributed by atoms with Crippen molar-refractivity contribution in [2.24, 2.45) is 4.99 Å². The summed E-state index contributed by atoms with van der Waals surface area (Å²) in [6, 6.07) is 17.5. The highest BCUT2D eigenvalue weighted by molar-refractivity contribution is 5.94. The highest BCUT2D eigenvalue weighted by atomic mass is 16.3. The van der Waals surface area contributed by atoms with Gasteiger partial charge in [0.05, 0.1) is 18.8 Å². The number of hydrogen-bond acceptors (Lipinski definition) is 4. The molecule has 3 N–H and O–H groups in total. The van der Waals surface area contributed by atoms with E-state index in [1.54, 1.807) is 6.26 Å². The van der Waals surface area contributed by atoms with Gasteiger partial charge < -0.3 is 20.4 Å². The van der Waals surface area contributed by atoms with E-state index in [-0.39, 0.29) is 11.9 Å². The molecule has 0 aliphatic heterocycles. The molecule has 2 aromatic carbocycles. The molecular formula is C25H31N5O2. The van der Waals surface area contributed by atoms with Gasteiger partial charge in [-0.3, -0.25) is 4.79 Å². The second-order valence-corrected chi connectivity index (χ2v) is 7.54. The lowest BCUT2D eigenvalue weighted by molar-refractivity contribution is 0.0939. The van der Waals surface area contributed by atoms with Crippen molar-refractivity contribution in [1.82, 2.24) is 20.9 Å². The van der Waals surface area contributed by atoms with Crippen molar-refractivity contribution in [1.29, 1.82) is 0 Å². The molecule has 7 nitrogen and oxygen atoms in total. The van der Waals surface area contributed by atoms with Crippen molar-refractivity contribution in [2.45, 2.75) is 46.3 Å². The van der Waals surface area contributed by atoms with Gasteiger partial charge in [-0.05, 0) is 50.1 Å². The minimum Gasteiger partial charge on any atom is -0.444 e. The van der Waals surface area contributed by atoms with E-state index in [4.69, 9.17) is 4.42 Å². The van der Waals surface area contributed by atoms with Crippen LogP contribution in [0, 0.1) is 0 Å². The lowest BCUT2D eigenvalue weighted by Crippen LogP contribution is -2.36. The first-order chi connectivity index (χ1) is 15.6. The number of hydrogen-bond donors (Lipinski definition) is 3. The fourth-order valence-electron chi connectivity index (χ4n) is 2.96. The number of guanidine groups is 1. The van der Waals surface area contributed by atoms with Gasteiger partial charge in [0.2, 0.25) is 5.89 Å². The molecule has 0 aliphatic rings. The number of rotatable bonds is 9. The maximum atomic E-state index is 12.2. The summed E-state index contributed by atoms with van der Waals surface area (Å²) in [6.45, 7) is 7.80. The number of aromatic nitrogens is 1. The number of benzene rings is 2. The third-order valence-corrected chi connectivity index (χ3v) is 4.98. The Morgan fingerprint density at radius 1 is 1.06 bits per heavy atom. The molecule has 0 fully saturated rings. The highest BCUT2D eigenvalue weighted by Gasteiger charge is 2.09. The van der Waals surface area contributed by atoms with Crippen molar-refractivity contribution in [3.8, 4) is 11.5 Å². The average molecular weight is 434 g/mol. The zero-order chi connectivity index (χ0) is 22.8. The first-order valence-corrected chi connectivity index (χ1v) is 11.0. The van der Waals surface area contributed by atoms with Gasteiger partial charge in [-0.15, -0.1) is 0 Å². The predicted molar refractivity (Wildman–Crippen MR) is 127 cm³/mol. The lowest BCUT2D eigenvalue weighted by atomic mass is 10.1. The molecule has 1 amide bonds. The van der Waals surface area contributed by atoms with E-state index in [9.17, 15) is 4.79 Å². The number of nitrogens with one attached hydrogen (secondary N) is 3. The van der Waals surface area contributed by atoms with Crippen molar-refractivity contribution >= 4 is 11.9 Å². The van der Waals surface area contributed by atoms with Crippen molar-refractivity contribution in [3.63, 3.8) is 0 Å². The summed E-state index contributed by atoms with van der Waals surface area (Å²) in [7, 11) is 0. The minimum absolute atomic E-state index is 0.0492. The fraction of sp³-hybridized carbons (Fsp3) is 0.320. The molecule has 1 atom stereocenters. The van der Waals surface area contributed by atoms with E-state index in [1.807, 2.05) is 75.4 Å². The molecule has 1 heterocycles. The van der Waals surface area contributed by atoms with E-state index in [2.05, 4.69) is 25.9 Å². The molecule has 168 valence electrons. The van der Waals surface area contributed by atoms with Gasteiger partial charge in [-0.1, -0.05) is 37.3 Å². The van der Waals surface area contributed by atoms with Crippen LogP contribution in [0.25, 0.3) is 11.5 Å².